The normalized spacial score (nSPS) is 10.8. The van der Waals surface area contributed by atoms with Crippen molar-refractivity contribution < 1.29 is 17.7 Å². The third kappa shape index (κ3) is 3.83. The number of benzene rings is 1. The van der Waals surface area contributed by atoms with Gasteiger partial charge in [-0.1, -0.05) is 30.3 Å². The molecule has 0 radical (unpaired) electrons. The molecule has 8 heteroatoms. The maximum atomic E-state index is 12.3. The highest BCUT2D eigenvalue weighted by Gasteiger charge is 2.13. The topological polar surface area (TPSA) is 78.4 Å². The van der Waals surface area contributed by atoms with Crippen LogP contribution in [0.5, 0.6) is 0 Å². The fourth-order valence-corrected chi connectivity index (χ4v) is 2.86. The van der Waals surface area contributed by atoms with Gasteiger partial charge in [-0.2, -0.15) is 0 Å². The van der Waals surface area contributed by atoms with E-state index < -0.39 is 0 Å². The van der Waals surface area contributed by atoms with Crippen molar-refractivity contribution in [3.8, 4) is 0 Å². The number of rotatable bonds is 6. The van der Waals surface area contributed by atoms with Crippen molar-refractivity contribution >= 4 is 11.2 Å². The zero-order chi connectivity index (χ0) is 17.1. The molecule has 0 atom stereocenters. The number of aromatic nitrogens is 4. The average molecular weight is 364 g/mol. The van der Waals surface area contributed by atoms with Gasteiger partial charge in [0.25, 0.3) is 5.56 Å². The van der Waals surface area contributed by atoms with Gasteiger partial charge in [0.15, 0.2) is 11.2 Å². The second kappa shape index (κ2) is 8.13. The Balaban J connectivity index is 0.00000225. The first kappa shape index (κ1) is 19.0. The van der Waals surface area contributed by atoms with Crippen molar-refractivity contribution in [2.24, 2.45) is 14.1 Å². The molecule has 0 saturated heterocycles. The SMILES string of the molecule is Cn1c(=O)c2c(ncn2CCC[NH2+]Cc2ccccc2)n(C)c1=O.[Cl-]. The first-order valence-corrected chi connectivity index (χ1v) is 8.06. The van der Waals surface area contributed by atoms with E-state index in [0.717, 1.165) is 24.1 Å². The lowest BCUT2D eigenvalue weighted by Crippen LogP contribution is -3.00. The second-order valence-electron chi connectivity index (χ2n) is 5.94. The van der Waals surface area contributed by atoms with Gasteiger partial charge in [-0.3, -0.25) is 13.9 Å². The molecule has 2 N–H and O–H groups in total. The van der Waals surface area contributed by atoms with Gasteiger partial charge in [0, 0.05) is 32.6 Å². The van der Waals surface area contributed by atoms with Crippen LogP contribution in [0.2, 0.25) is 0 Å². The molecule has 0 spiro atoms. The van der Waals surface area contributed by atoms with E-state index in [1.54, 1.807) is 13.4 Å². The summed E-state index contributed by atoms with van der Waals surface area (Å²) in [6.07, 6.45) is 2.56. The van der Waals surface area contributed by atoms with Crippen LogP contribution >= 0.6 is 0 Å². The van der Waals surface area contributed by atoms with Crippen LogP contribution in [0.3, 0.4) is 0 Å². The lowest BCUT2D eigenvalue weighted by Gasteiger charge is -2.06. The van der Waals surface area contributed by atoms with Crippen molar-refractivity contribution in [2.45, 2.75) is 19.5 Å². The van der Waals surface area contributed by atoms with Crippen LogP contribution in [0.15, 0.2) is 46.2 Å². The van der Waals surface area contributed by atoms with Crippen molar-refractivity contribution in [2.75, 3.05) is 6.54 Å². The van der Waals surface area contributed by atoms with E-state index in [9.17, 15) is 9.59 Å². The molecule has 0 fully saturated rings. The van der Waals surface area contributed by atoms with Crippen LogP contribution in [-0.4, -0.2) is 25.2 Å². The Hall–Kier alpha value is -2.38. The van der Waals surface area contributed by atoms with Gasteiger partial charge >= 0.3 is 5.69 Å². The number of quaternary nitrogens is 1. The van der Waals surface area contributed by atoms with Crippen molar-refractivity contribution in [1.29, 1.82) is 0 Å². The molecule has 25 heavy (non-hydrogen) atoms. The minimum absolute atomic E-state index is 0. The van der Waals surface area contributed by atoms with E-state index in [-0.39, 0.29) is 23.7 Å². The standard InChI is InChI=1S/C17H21N5O2.ClH/c1-20-15-14(16(23)21(2)17(20)24)22(12-19-15)10-6-9-18-11-13-7-4-3-5-8-13;/h3-5,7-8,12,18H,6,9-11H2,1-2H3;1H. The lowest BCUT2D eigenvalue weighted by atomic mass is 10.2. The van der Waals surface area contributed by atoms with E-state index in [1.807, 2.05) is 22.8 Å². The molecule has 7 nitrogen and oxygen atoms in total. The van der Waals surface area contributed by atoms with E-state index >= 15 is 0 Å². The van der Waals surface area contributed by atoms with Crippen LogP contribution in [0.4, 0.5) is 0 Å². The average Bonchev–Trinajstić information content (AvgIpc) is 3.03. The number of aryl methyl sites for hydroxylation is 2. The molecule has 3 rings (SSSR count). The third-order valence-electron chi connectivity index (χ3n) is 4.25. The monoisotopic (exact) mass is 363 g/mol. The quantitative estimate of drug-likeness (QED) is 0.464. The number of nitrogens with two attached hydrogens (primary N) is 1. The van der Waals surface area contributed by atoms with E-state index in [0.29, 0.717) is 17.7 Å². The van der Waals surface area contributed by atoms with Gasteiger partial charge in [0.1, 0.15) is 6.54 Å². The van der Waals surface area contributed by atoms with Gasteiger partial charge in [-0.15, -0.1) is 0 Å². The molecule has 1 aromatic carbocycles. The Labute approximate surface area is 151 Å². The highest BCUT2D eigenvalue weighted by atomic mass is 35.5. The number of halogens is 1. The predicted molar refractivity (Wildman–Crippen MR) is 91.8 cm³/mol. The summed E-state index contributed by atoms with van der Waals surface area (Å²) in [5.41, 5.74) is 1.58. The molecule has 2 aromatic heterocycles. The first-order chi connectivity index (χ1) is 11.6. The number of nitrogens with zero attached hydrogens (tertiary/aromatic N) is 4. The molecule has 0 bridgehead atoms. The van der Waals surface area contributed by atoms with E-state index in [1.165, 1.54) is 17.2 Å². The number of hydrogen-bond acceptors (Lipinski definition) is 3. The second-order valence-corrected chi connectivity index (χ2v) is 5.94. The summed E-state index contributed by atoms with van der Waals surface area (Å²) in [7, 11) is 3.13. The maximum absolute atomic E-state index is 12.3. The van der Waals surface area contributed by atoms with Crippen molar-refractivity contribution in [1.82, 2.24) is 18.7 Å². The number of imidazole rings is 1. The highest BCUT2D eigenvalue weighted by Crippen LogP contribution is 2.05. The summed E-state index contributed by atoms with van der Waals surface area (Å²) >= 11 is 0. The van der Waals surface area contributed by atoms with Crippen LogP contribution in [0, 0.1) is 0 Å². The Morgan fingerprint density at radius 1 is 1.08 bits per heavy atom. The van der Waals surface area contributed by atoms with Crippen LogP contribution < -0.4 is 29.0 Å². The maximum Gasteiger partial charge on any atom is 0.332 e. The molecule has 0 aliphatic carbocycles. The summed E-state index contributed by atoms with van der Waals surface area (Å²) in [6.45, 7) is 2.61. The van der Waals surface area contributed by atoms with Gasteiger partial charge in [0.2, 0.25) is 0 Å². The Kier molecular flexibility index (Phi) is 6.17. The minimum atomic E-state index is -0.353. The van der Waals surface area contributed by atoms with Crippen molar-refractivity contribution in [3.63, 3.8) is 0 Å². The summed E-state index contributed by atoms with van der Waals surface area (Å²) in [4.78, 5) is 28.5. The van der Waals surface area contributed by atoms with Crippen LogP contribution in [0.1, 0.15) is 12.0 Å². The van der Waals surface area contributed by atoms with Gasteiger partial charge in [-0.25, -0.2) is 9.78 Å². The van der Waals surface area contributed by atoms with E-state index in [2.05, 4.69) is 22.4 Å². The molecule has 134 valence electrons. The Morgan fingerprint density at radius 2 is 1.80 bits per heavy atom. The van der Waals surface area contributed by atoms with Crippen LogP contribution in [0.25, 0.3) is 11.2 Å². The van der Waals surface area contributed by atoms with Gasteiger partial charge in [-0.05, 0) is 0 Å². The smallest absolute Gasteiger partial charge is 0.332 e. The first-order valence-electron chi connectivity index (χ1n) is 8.06. The molecule has 3 aromatic rings. The summed E-state index contributed by atoms with van der Waals surface area (Å²) in [5.74, 6) is 0. The lowest BCUT2D eigenvalue weighted by molar-refractivity contribution is -0.671. The molecule has 0 amide bonds. The minimum Gasteiger partial charge on any atom is -1.00 e. The van der Waals surface area contributed by atoms with Gasteiger partial charge < -0.3 is 22.3 Å². The molecule has 0 aliphatic rings. The molecule has 0 aliphatic heterocycles. The molecule has 0 unspecified atom stereocenters. The Morgan fingerprint density at radius 3 is 2.52 bits per heavy atom. The fraction of sp³-hybridized carbons (Fsp3) is 0.353. The fourth-order valence-electron chi connectivity index (χ4n) is 2.86. The largest absolute Gasteiger partial charge is 1.00 e. The summed E-state index contributed by atoms with van der Waals surface area (Å²) < 4.78 is 4.38. The van der Waals surface area contributed by atoms with Crippen molar-refractivity contribution in [3.05, 3.63) is 63.1 Å². The number of fused-ring (bicyclic) bond motifs is 1. The Bertz CT molecular complexity index is 959. The molecule has 0 saturated carbocycles. The zero-order valence-corrected chi connectivity index (χ0v) is 15.1. The third-order valence-corrected chi connectivity index (χ3v) is 4.25. The highest BCUT2D eigenvalue weighted by molar-refractivity contribution is 5.69. The molecule has 2 heterocycles. The summed E-state index contributed by atoms with van der Waals surface area (Å²) in [5, 5.41) is 2.25. The van der Waals surface area contributed by atoms with E-state index in [4.69, 9.17) is 0 Å². The van der Waals surface area contributed by atoms with Crippen LogP contribution in [-0.2, 0) is 27.2 Å². The molecular formula is C17H22ClN5O2. The summed E-state index contributed by atoms with van der Waals surface area (Å²) in [6, 6.07) is 10.3. The molecular weight excluding hydrogens is 342 g/mol. The predicted octanol–water partition coefficient (Wildman–Crippen LogP) is -3.41. The van der Waals surface area contributed by atoms with Gasteiger partial charge in [0.05, 0.1) is 12.9 Å². The number of hydrogen-bond donors (Lipinski definition) is 1. The zero-order valence-electron chi connectivity index (χ0n) is 14.4.